The molecule has 10 heavy (non-hydrogen) atoms. The van der Waals surface area contributed by atoms with Gasteiger partial charge in [-0.3, -0.25) is 0 Å². The maximum Gasteiger partial charge on any atom is 0.0307 e. The van der Waals surface area contributed by atoms with Crippen molar-refractivity contribution in [2.45, 2.75) is 31.2 Å². The third-order valence-corrected chi connectivity index (χ3v) is 3.10. The Kier molecular flexibility index (Phi) is 1.46. The lowest BCUT2D eigenvalue weighted by molar-refractivity contribution is 0.291. The Morgan fingerprint density at radius 2 is 2.50 bits per heavy atom. The van der Waals surface area contributed by atoms with Crippen molar-refractivity contribution >= 4 is 0 Å². The number of nitrogens with two attached hydrogens (primary N) is 1. The summed E-state index contributed by atoms with van der Waals surface area (Å²) in [4.78, 5) is 0. The molecule has 2 nitrogen and oxygen atoms in total. The van der Waals surface area contributed by atoms with Crippen molar-refractivity contribution in [1.29, 1.82) is 0 Å². The van der Waals surface area contributed by atoms with Gasteiger partial charge >= 0.3 is 0 Å². The number of hydrogen-bond acceptors (Lipinski definition) is 2. The number of hydrogen-bond donors (Lipinski definition) is 2. The molecule has 2 heteroatoms. The van der Waals surface area contributed by atoms with Gasteiger partial charge in [0, 0.05) is 12.1 Å². The molecule has 0 spiro atoms. The predicted octanol–water partition coefficient (Wildman–Crippen LogP) is 0.477. The molecule has 0 aromatic carbocycles. The van der Waals surface area contributed by atoms with Gasteiger partial charge in [-0.1, -0.05) is 6.42 Å². The van der Waals surface area contributed by atoms with Gasteiger partial charge in [0.25, 0.3) is 0 Å². The summed E-state index contributed by atoms with van der Waals surface area (Å²) in [6, 6.07) is 0. The zero-order valence-electron chi connectivity index (χ0n) is 6.40. The van der Waals surface area contributed by atoms with Gasteiger partial charge in [-0.05, 0) is 31.7 Å². The lowest BCUT2D eigenvalue weighted by Gasteiger charge is -2.31. The molecule has 2 aliphatic rings. The van der Waals surface area contributed by atoms with E-state index >= 15 is 0 Å². The third kappa shape index (κ3) is 0.867. The van der Waals surface area contributed by atoms with Crippen LogP contribution in [-0.2, 0) is 0 Å². The van der Waals surface area contributed by atoms with Crippen molar-refractivity contribution in [2.75, 3.05) is 13.1 Å². The number of fused-ring (bicyclic) bond motifs is 2. The molecular weight excluding hydrogens is 124 g/mol. The van der Waals surface area contributed by atoms with Gasteiger partial charge in [0.1, 0.15) is 0 Å². The van der Waals surface area contributed by atoms with Crippen LogP contribution in [0.4, 0.5) is 0 Å². The van der Waals surface area contributed by atoms with Gasteiger partial charge in [-0.15, -0.1) is 0 Å². The monoisotopic (exact) mass is 140 g/mol. The Labute approximate surface area is 62.2 Å². The van der Waals surface area contributed by atoms with Gasteiger partial charge in [0.15, 0.2) is 0 Å². The molecule has 3 N–H and O–H groups in total. The van der Waals surface area contributed by atoms with E-state index in [9.17, 15) is 0 Å². The average Bonchev–Trinajstić information content (AvgIpc) is 2.29. The second kappa shape index (κ2) is 2.21. The molecule has 0 radical (unpaired) electrons. The first-order valence-corrected chi connectivity index (χ1v) is 4.30. The molecule has 58 valence electrons. The maximum atomic E-state index is 5.71. The molecule has 2 fully saturated rings. The maximum absolute atomic E-state index is 5.71. The van der Waals surface area contributed by atoms with Crippen LogP contribution in [0.2, 0.25) is 0 Å². The minimum absolute atomic E-state index is 0.364. The van der Waals surface area contributed by atoms with Crippen molar-refractivity contribution in [2.24, 2.45) is 11.7 Å². The van der Waals surface area contributed by atoms with E-state index in [4.69, 9.17) is 5.73 Å². The second-order valence-electron chi connectivity index (χ2n) is 3.83. The highest BCUT2D eigenvalue weighted by molar-refractivity contribution is 5.00. The third-order valence-electron chi connectivity index (χ3n) is 3.10. The number of rotatable bonds is 1. The van der Waals surface area contributed by atoms with Crippen LogP contribution >= 0.6 is 0 Å². The number of nitrogens with one attached hydrogen (secondary N) is 1. The molecule has 1 heterocycles. The molecule has 0 aromatic rings. The topological polar surface area (TPSA) is 38.0 Å². The van der Waals surface area contributed by atoms with Gasteiger partial charge in [-0.2, -0.15) is 0 Å². The fraction of sp³-hybridized carbons (Fsp3) is 1.00. The van der Waals surface area contributed by atoms with E-state index in [1.54, 1.807) is 0 Å². The smallest absolute Gasteiger partial charge is 0.0307 e. The van der Waals surface area contributed by atoms with Crippen LogP contribution in [0.25, 0.3) is 0 Å². The van der Waals surface area contributed by atoms with Gasteiger partial charge < -0.3 is 11.1 Å². The van der Waals surface area contributed by atoms with E-state index in [2.05, 4.69) is 5.32 Å². The van der Waals surface area contributed by atoms with Crippen molar-refractivity contribution in [1.82, 2.24) is 5.32 Å². The first-order valence-electron chi connectivity index (χ1n) is 4.30. The summed E-state index contributed by atoms with van der Waals surface area (Å²) in [5, 5.41) is 3.56. The first kappa shape index (κ1) is 6.62. The molecule has 1 unspecified atom stereocenters. The van der Waals surface area contributed by atoms with Crippen molar-refractivity contribution in [3.8, 4) is 0 Å². The summed E-state index contributed by atoms with van der Waals surface area (Å²) in [6.07, 6.45) is 5.45. The SMILES string of the molecule is NC[C@]12CCCC(CN1)C2. The van der Waals surface area contributed by atoms with Crippen LogP contribution in [-0.4, -0.2) is 18.6 Å². The minimum Gasteiger partial charge on any atom is -0.329 e. The summed E-state index contributed by atoms with van der Waals surface area (Å²) in [6.45, 7) is 2.06. The molecule has 0 amide bonds. The van der Waals surface area contributed by atoms with E-state index < -0.39 is 0 Å². The summed E-state index contributed by atoms with van der Waals surface area (Å²) in [5.41, 5.74) is 6.08. The first-order chi connectivity index (χ1) is 4.85. The summed E-state index contributed by atoms with van der Waals surface area (Å²) < 4.78 is 0. The lowest BCUT2D eigenvalue weighted by Crippen LogP contribution is -2.46. The van der Waals surface area contributed by atoms with Crippen LogP contribution in [0.5, 0.6) is 0 Å². The summed E-state index contributed by atoms with van der Waals surface area (Å²) in [7, 11) is 0. The van der Waals surface area contributed by atoms with E-state index in [1.807, 2.05) is 0 Å². The summed E-state index contributed by atoms with van der Waals surface area (Å²) in [5.74, 6) is 0.942. The van der Waals surface area contributed by atoms with E-state index in [-0.39, 0.29) is 0 Å². The predicted molar refractivity (Wildman–Crippen MR) is 41.7 cm³/mol. The molecule has 0 aromatic heterocycles. The van der Waals surface area contributed by atoms with Crippen LogP contribution < -0.4 is 11.1 Å². The minimum atomic E-state index is 0.364. The van der Waals surface area contributed by atoms with Gasteiger partial charge in [0.2, 0.25) is 0 Å². The van der Waals surface area contributed by atoms with Crippen LogP contribution in [0.3, 0.4) is 0 Å². The van der Waals surface area contributed by atoms with Crippen molar-refractivity contribution in [3.63, 3.8) is 0 Å². The fourth-order valence-corrected chi connectivity index (χ4v) is 2.44. The zero-order chi connectivity index (χ0) is 7.03. The van der Waals surface area contributed by atoms with Crippen LogP contribution in [0.1, 0.15) is 25.7 Å². The Bertz CT molecular complexity index is 131. The van der Waals surface area contributed by atoms with E-state index in [1.165, 1.54) is 32.2 Å². The van der Waals surface area contributed by atoms with E-state index in [0.29, 0.717) is 5.54 Å². The largest absolute Gasteiger partial charge is 0.329 e. The standard InChI is InChI=1S/C8H16N2/c9-6-8-3-1-2-7(4-8)5-10-8/h7,10H,1-6,9H2/t7?,8-/m1/s1. The molecule has 1 aliphatic carbocycles. The molecule has 2 rings (SSSR count). The average molecular weight is 140 g/mol. The highest BCUT2D eigenvalue weighted by Crippen LogP contribution is 2.36. The highest BCUT2D eigenvalue weighted by Gasteiger charge is 2.40. The quantitative estimate of drug-likeness (QED) is 0.556. The Hall–Kier alpha value is -0.0800. The summed E-state index contributed by atoms with van der Waals surface area (Å²) >= 11 is 0. The van der Waals surface area contributed by atoms with E-state index in [0.717, 1.165) is 12.5 Å². The van der Waals surface area contributed by atoms with Crippen LogP contribution in [0, 0.1) is 5.92 Å². The Balaban J connectivity index is 2.10. The molecule has 1 saturated carbocycles. The fourth-order valence-electron chi connectivity index (χ4n) is 2.44. The Morgan fingerprint density at radius 1 is 1.60 bits per heavy atom. The second-order valence-corrected chi connectivity index (χ2v) is 3.83. The molecule has 1 saturated heterocycles. The molecule has 2 bridgehead atoms. The highest BCUT2D eigenvalue weighted by atomic mass is 15.0. The van der Waals surface area contributed by atoms with Crippen LogP contribution in [0.15, 0.2) is 0 Å². The van der Waals surface area contributed by atoms with Gasteiger partial charge in [-0.25, -0.2) is 0 Å². The zero-order valence-corrected chi connectivity index (χ0v) is 6.40. The lowest BCUT2D eigenvalue weighted by atomic mass is 9.80. The normalized spacial score (nSPS) is 45.9. The van der Waals surface area contributed by atoms with Crippen molar-refractivity contribution < 1.29 is 0 Å². The van der Waals surface area contributed by atoms with Crippen molar-refractivity contribution in [3.05, 3.63) is 0 Å². The molecule has 2 atom stereocenters. The van der Waals surface area contributed by atoms with Gasteiger partial charge in [0.05, 0.1) is 0 Å². The molecular formula is C8H16N2. The Morgan fingerprint density at radius 3 is 3.20 bits per heavy atom. The molecule has 1 aliphatic heterocycles.